The fourth-order valence-electron chi connectivity index (χ4n) is 3.03. The lowest BCUT2D eigenvalue weighted by Gasteiger charge is -2.28. The Morgan fingerprint density at radius 3 is 2.26 bits per heavy atom. The quantitative estimate of drug-likeness (QED) is 0.659. The van der Waals surface area contributed by atoms with E-state index in [1.165, 1.54) is 26.1 Å². The molecular weight excluding hydrogens is 435 g/mol. The molecule has 2 aromatic heterocycles. The Morgan fingerprint density at radius 1 is 1.06 bits per heavy atom. The maximum Gasteiger partial charge on any atom is 0.417 e. The van der Waals surface area contributed by atoms with E-state index in [1.807, 2.05) is 4.90 Å². The van der Waals surface area contributed by atoms with Gasteiger partial charge in [-0.3, -0.25) is 9.78 Å². The van der Waals surface area contributed by atoms with E-state index >= 15 is 0 Å². The first-order valence-electron chi connectivity index (χ1n) is 9.52. The number of carbonyl (C=O) groups is 1. The number of Topliss-reactive ketones (excluding diaryl/α,β-unsaturated/α-hetero) is 1. The van der Waals surface area contributed by atoms with Crippen LogP contribution < -0.4 is 4.90 Å². The van der Waals surface area contributed by atoms with Gasteiger partial charge in [-0.2, -0.15) is 13.2 Å². The molecule has 1 aliphatic rings. The molecule has 31 heavy (non-hydrogen) atoms. The summed E-state index contributed by atoms with van der Waals surface area (Å²) in [6.07, 6.45) is -3.12. The molecule has 0 saturated carbocycles. The second kappa shape index (κ2) is 8.54. The maximum absolute atomic E-state index is 13.1. The lowest BCUT2D eigenvalue weighted by atomic mass is 10.0. The normalized spacial score (nSPS) is 15.7. The van der Waals surface area contributed by atoms with Crippen molar-refractivity contribution in [2.75, 3.05) is 31.2 Å². The number of hydrogen-bond donors (Lipinski definition) is 0. The first-order chi connectivity index (χ1) is 14.4. The second-order valence-electron chi connectivity index (χ2n) is 7.60. The standard InChI is InChI=1S/C20H22F3N3O4S/c1-19(2,17(27)11-15-4-3-14(12-24-15)20(21,22)23)31(28,29)16-5-6-18(25-13-16)26-7-9-30-10-8-26/h3-6,12-13H,7-11H2,1-2H3. The Bertz CT molecular complexity index is 1030. The molecular formula is C20H22F3N3O4S. The number of carbonyl (C=O) groups excluding carboxylic acids is 1. The Labute approximate surface area is 178 Å². The highest BCUT2D eigenvalue weighted by atomic mass is 32.2. The predicted molar refractivity (Wildman–Crippen MR) is 106 cm³/mol. The van der Waals surface area contributed by atoms with E-state index in [9.17, 15) is 26.4 Å². The number of halogens is 3. The Kier molecular flexibility index (Phi) is 6.38. The van der Waals surface area contributed by atoms with Crippen molar-refractivity contribution in [3.05, 3.63) is 47.9 Å². The average Bonchev–Trinajstić information content (AvgIpc) is 2.74. The van der Waals surface area contributed by atoms with Crippen molar-refractivity contribution in [2.45, 2.75) is 36.1 Å². The van der Waals surface area contributed by atoms with Gasteiger partial charge in [0.15, 0.2) is 15.6 Å². The highest BCUT2D eigenvalue weighted by Crippen LogP contribution is 2.30. The van der Waals surface area contributed by atoms with Gasteiger partial charge in [0.2, 0.25) is 0 Å². The maximum atomic E-state index is 13.1. The summed E-state index contributed by atoms with van der Waals surface area (Å²) in [7, 11) is -4.10. The monoisotopic (exact) mass is 457 g/mol. The van der Waals surface area contributed by atoms with Crippen LogP contribution in [0.2, 0.25) is 0 Å². The molecule has 0 unspecified atom stereocenters. The van der Waals surface area contributed by atoms with Crippen molar-refractivity contribution in [1.29, 1.82) is 0 Å². The van der Waals surface area contributed by atoms with E-state index in [-0.39, 0.29) is 10.6 Å². The van der Waals surface area contributed by atoms with Crippen molar-refractivity contribution in [3.8, 4) is 0 Å². The van der Waals surface area contributed by atoms with Crippen LogP contribution in [-0.4, -0.2) is 55.2 Å². The van der Waals surface area contributed by atoms with Gasteiger partial charge in [0.1, 0.15) is 10.6 Å². The minimum atomic E-state index is -4.54. The van der Waals surface area contributed by atoms with Crippen molar-refractivity contribution in [3.63, 3.8) is 0 Å². The molecule has 11 heteroatoms. The van der Waals surface area contributed by atoms with E-state index in [0.717, 1.165) is 12.1 Å². The number of anilines is 1. The van der Waals surface area contributed by atoms with Gasteiger partial charge in [-0.25, -0.2) is 13.4 Å². The second-order valence-corrected chi connectivity index (χ2v) is 10.1. The number of ketones is 1. The van der Waals surface area contributed by atoms with E-state index < -0.39 is 38.5 Å². The van der Waals surface area contributed by atoms with E-state index in [1.54, 1.807) is 6.07 Å². The smallest absolute Gasteiger partial charge is 0.378 e. The number of sulfone groups is 1. The summed E-state index contributed by atoms with van der Waals surface area (Å²) in [5.41, 5.74) is -0.885. The van der Waals surface area contributed by atoms with Crippen LogP contribution in [0, 0.1) is 0 Å². The molecule has 1 saturated heterocycles. The number of alkyl halides is 3. The van der Waals surface area contributed by atoms with Gasteiger partial charge >= 0.3 is 6.18 Å². The van der Waals surface area contributed by atoms with Crippen LogP contribution in [0.1, 0.15) is 25.1 Å². The Morgan fingerprint density at radius 2 is 1.74 bits per heavy atom. The number of pyridine rings is 2. The molecule has 0 atom stereocenters. The SMILES string of the molecule is CC(C)(C(=O)Cc1ccc(C(F)(F)F)cn1)S(=O)(=O)c1ccc(N2CCOCC2)nc1. The van der Waals surface area contributed by atoms with Gasteiger partial charge in [-0.05, 0) is 38.1 Å². The summed E-state index contributed by atoms with van der Waals surface area (Å²) < 4.78 is 67.6. The van der Waals surface area contributed by atoms with Crippen LogP contribution in [0.25, 0.3) is 0 Å². The molecule has 2 aromatic rings. The lowest BCUT2D eigenvalue weighted by Crippen LogP contribution is -2.42. The van der Waals surface area contributed by atoms with Crippen LogP contribution in [0.3, 0.4) is 0 Å². The number of ether oxygens (including phenoxy) is 1. The summed E-state index contributed by atoms with van der Waals surface area (Å²) >= 11 is 0. The molecule has 3 rings (SSSR count). The van der Waals surface area contributed by atoms with Crippen LogP contribution in [0.5, 0.6) is 0 Å². The third kappa shape index (κ3) is 4.87. The molecule has 0 aromatic carbocycles. The minimum absolute atomic E-state index is 0.0575. The van der Waals surface area contributed by atoms with Gasteiger partial charge in [-0.15, -0.1) is 0 Å². The summed E-state index contributed by atoms with van der Waals surface area (Å²) in [5.74, 6) is -0.0719. The van der Waals surface area contributed by atoms with Crippen molar-refractivity contribution < 1.29 is 31.1 Å². The first-order valence-corrected chi connectivity index (χ1v) is 11.0. The third-order valence-electron chi connectivity index (χ3n) is 5.20. The zero-order valence-corrected chi connectivity index (χ0v) is 17.8. The first kappa shape index (κ1) is 23.1. The van der Waals surface area contributed by atoms with Crippen LogP contribution >= 0.6 is 0 Å². The highest BCUT2D eigenvalue weighted by molar-refractivity contribution is 7.93. The molecule has 168 valence electrons. The molecule has 1 aliphatic heterocycles. The molecule has 3 heterocycles. The van der Waals surface area contributed by atoms with Crippen LogP contribution in [0.4, 0.5) is 19.0 Å². The predicted octanol–water partition coefficient (Wildman–Crippen LogP) is 2.70. The fraction of sp³-hybridized carbons (Fsp3) is 0.450. The minimum Gasteiger partial charge on any atom is -0.378 e. The summed E-state index contributed by atoms with van der Waals surface area (Å²) in [6.45, 7) is 4.93. The Hall–Kier alpha value is -2.53. The molecule has 0 amide bonds. The van der Waals surface area contributed by atoms with E-state index in [4.69, 9.17) is 4.74 Å². The molecule has 0 aliphatic carbocycles. The molecule has 7 nitrogen and oxygen atoms in total. The number of morpholine rings is 1. The average molecular weight is 457 g/mol. The molecule has 1 fully saturated rings. The van der Waals surface area contributed by atoms with Crippen LogP contribution in [-0.2, 0) is 32.0 Å². The van der Waals surface area contributed by atoms with E-state index in [2.05, 4.69) is 9.97 Å². The summed E-state index contributed by atoms with van der Waals surface area (Å²) in [4.78, 5) is 22.5. The lowest BCUT2D eigenvalue weighted by molar-refractivity contribution is -0.137. The third-order valence-corrected chi connectivity index (χ3v) is 7.64. The number of aromatic nitrogens is 2. The zero-order chi connectivity index (χ0) is 22.9. The number of nitrogens with zero attached hydrogens (tertiary/aromatic N) is 3. The zero-order valence-electron chi connectivity index (χ0n) is 17.0. The van der Waals surface area contributed by atoms with Gasteiger partial charge in [0, 0.05) is 31.2 Å². The summed E-state index contributed by atoms with van der Waals surface area (Å²) in [5, 5.41) is 0. The topological polar surface area (TPSA) is 89.5 Å². The molecule has 0 bridgehead atoms. The van der Waals surface area contributed by atoms with Gasteiger partial charge in [-0.1, -0.05) is 0 Å². The van der Waals surface area contributed by atoms with E-state index in [0.29, 0.717) is 38.3 Å². The van der Waals surface area contributed by atoms with Crippen LogP contribution in [0.15, 0.2) is 41.6 Å². The number of rotatable bonds is 6. The molecule has 0 spiro atoms. The van der Waals surface area contributed by atoms with Gasteiger partial charge in [0.05, 0.1) is 30.1 Å². The van der Waals surface area contributed by atoms with Crippen molar-refractivity contribution in [1.82, 2.24) is 9.97 Å². The fourth-order valence-corrected chi connectivity index (χ4v) is 4.43. The number of hydrogen-bond acceptors (Lipinski definition) is 7. The largest absolute Gasteiger partial charge is 0.417 e. The highest BCUT2D eigenvalue weighted by Gasteiger charge is 2.42. The van der Waals surface area contributed by atoms with Crippen molar-refractivity contribution >= 4 is 21.4 Å². The summed E-state index contributed by atoms with van der Waals surface area (Å²) in [6, 6.07) is 4.86. The van der Waals surface area contributed by atoms with Crippen molar-refractivity contribution in [2.24, 2.45) is 0 Å². The van der Waals surface area contributed by atoms with Gasteiger partial charge < -0.3 is 9.64 Å². The molecule has 0 radical (unpaired) electrons. The molecule has 0 N–H and O–H groups in total. The van der Waals surface area contributed by atoms with Gasteiger partial charge in [0.25, 0.3) is 0 Å². The Balaban J connectivity index is 1.76.